The van der Waals surface area contributed by atoms with Crippen LogP contribution >= 0.6 is 12.4 Å². The predicted octanol–water partition coefficient (Wildman–Crippen LogP) is 6.77. The summed E-state index contributed by atoms with van der Waals surface area (Å²) in [4.78, 5) is 0. The van der Waals surface area contributed by atoms with E-state index in [0.29, 0.717) is 0 Å². The minimum absolute atomic E-state index is 0. The van der Waals surface area contributed by atoms with Gasteiger partial charge in [0.15, 0.2) is 0 Å². The van der Waals surface area contributed by atoms with Crippen LogP contribution in [0, 0.1) is 0 Å². The Labute approximate surface area is 149 Å². The van der Waals surface area contributed by atoms with E-state index in [1.54, 1.807) is 0 Å². The first-order chi connectivity index (χ1) is 10.8. The molecule has 3 heteroatoms. The first kappa shape index (κ1) is 22.1. The SMILES string of the molecule is CCCCCCCCCCCCCCOc1ccccc1N.Cl. The monoisotopic (exact) mass is 341 g/mol. The van der Waals surface area contributed by atoms with E-state index in [4.69, 9.17) is 10.5 Å². The number of ether oxygens (including phenoxy) is 1. The van der Waals surface area contributed by atoms with Gasteiger partial charge in [-0.15, -0.1) is 12.4 Å². The van der Waals surface area contributed by atoms with Gasteiger partial charge in [-0.05, 0) is 18.6 Å². The van der Waals surface area contributed by atoms with Crippen molar-refractivity contribution in [2.45, 2.75) is 84.0 Å². The summed E-state index contributed by atoms with van der Waals surface area (Å²) in [7, 11) is 0. The summed E-state index contributed by atoms with van der Waals surface area (Å²) in [5.41, 5.74) is 6.58. The number of para-hydroxylation sites is 2. The van der Waals surface area contributed by atoms with Crippen molar-refractivity contribution in [2.75, 3.05) is 12.3 Å². The van der Waals surface area contributed by atoms with Gasteiger partial charge in [0.05, 0.1) is 12.3 Å². The van der Waals surface area contributed by atoms with Crippen molar-refractivity contribution >= 4 is 18.1 Å². The largest absolute Gasteiger partial charge is 0.491 e. The second kappa shape index (κ2) is 16.0. The molecule has 134 valence electrons. The standard InChI is InChI=1S/C20H35NO.ClH/c1-2-3-4-5-6-7-8-9-10-11-12-15-18-22-20-17-14-13-16-19(20)21;/h13-14,16-17H,2-12,15,18,21H2,1H3;1H. The van der Waals surface area contributed by atoms with Crippen molar-refractivity contribution in [3.05, 3.63) is 24.3 Å². The first-order valence-electron chi connectivity index (χ1n) is 9.32. The minimum atomic E-state index is 0. The lowest BCUT2D eigenvalue weighted by Gasteiger charge is -2.08. The van der Waals surface area contributed by atoms with Gasteiger partial charge < -0.3 is 10.5 Å². The number of halogens is 1. The van der Waals surface area contributed by atoms with E-state index in [0.717, 1.165) is 24.5 Å². The number of rotatable bonds is 14. The van der Waals surface area contributed by atoms with Crippen LogP contribution in [0.25, 0.3) is 0 Å². The van der Waals surface area contributed by atoms with Crippen LogP contribution in [0.15, 0.2) is 24.3 Å². The number of anilines is 1. The molecule has 0 aliphatic rings. The van der Waals surface area contributed by atoms with Gasteiger partial charge >= 0.3 is 0 Å². The molecule has 23 heavy (non-hydrogen) atoms. The van der Waals surface area contributed by atoms with Crippen molar-refractivity contribution in [3.8, 4) is 5.75 Å². The second-order valence-electron chi connectivity index (χ2n) is 6.28. The summed E-state index contributed by atoms with van der Waals surface area (Å²) in [6.07, 6.45) is 16.4. The molecule has 0 radical (unpaired) electrons. The Bertz CT molecular complexity index is 370. The van der Waals surface area contributed by atoms with E-state index in [9.17, 15) is 0 Å². The molecule has 0 fully saturated rings. The van der Waals surface area contributed by atoms with Crippen LogP contribution in [0.2, 0.25) is 0 Å². The molecule has 2 N–H and O–H groups in total. The molecular weight excluding hydrogens is 306 g/mol. The maximum Gasteiger partial charge on any atom is 0.142 e. The van der Waals surface area contributed by atoms with Gasteiger partial charge in [0.25, 0.3) is 0 Å². The van der Waals surface area contributed by atoms with E-state index in [2.05, 4.69) is 6.92 Å². The zero-order valence-electron chi connectivity index (χ0n) is 14.9. The number of hydrogen-bond donors (Lipinski definition) is 1. The van der Waals surface area contributed by atoms with Crippen molar-refractivity contribution in [1.29, 1.82) is 0 Å². The molecular formula is C20H36ClNO. The summed E-state index contributed by atoms with van der Waals surface area (Å²) < 4.78 is 5.70. The Morgan fingerprint density at radius 1 is 0.739 bits per heavy atom. The zero-order chi connectivity index (χ0) is 15.9. The molecule has 0 amide bonds. The van der Waals surface area contributed by atoms with Crippen LogP contribution in [-0.4, -0.2) is 6.61 Å². The molecule has 0 bridgehead atoms. The molecule has 1 aromatic carbocycles. The number of unbranched alkanes of at least 4 members (excludes halogenated alkanes) is 11. The average molecular weight is 342 g/mol. The van der Waals surface area contributed by atoms with Gasteiger partial charge in [-0.1, -0.05) is 89.7 Å². The topological polar surface area (TPSA) is 35.2 Å². The van der Waals surface area contributed by atoms with E-state index in [1.807, 2.05) is 24.3 Å². The molecule has 0 saturated heterocycles. The summed E-state index contributed by atoms with van der Waals surface area (Å²) in [5.74, 6) is 0.825. The van der Waals surface area contributed by atoms with Gasteiger partial charge in [-0.2, -0.15) is 0 Å². The summed E-state index contributed by atoms with van der Waals surface area (Å²) >= 11 is 0. The van der Waals surface area contributed by atoms with Crippen LogP contribution in [-0.2, 0) is 0 Å². The molecule has 1 rings (SSSR count). The van der Waals surface area contributed by atoms with Crippen LogP contribution < -0.4 is 10.5 Å². The Kier molecular flexibility index (Phi) is 15.4. The van der Waals surface area contributed by atoms with Crippen molar-refractivity contribution in [3.63, 3.8) is 0 Å². The molecule has 0 spiro atoms. The maximum absolute atomic E-state index is 5.84. The fourth-order valence-electron chi connectivity index (χ4n) is 2.74. The smallest absolute Gasteiger partial charge is 0.142 e. The molecule has 0 heterocycles. The molecule has 0 atom stereocenters. The highest BCUT2D eigenvalue weighted by Crippen LogP contribution is 2.20. The van der Waals surface area contributed by atoms with Gasteiger partial charge in [0.1, 0.15) is 5.75 Å². The van der Waals surface area contributed by atoms with Gasteiger partial charge in [0.2, 0.25) is 0 Å². The highest BCUT2D eigenvalue weighted by Gasteiger charge is 1.98. The first-order valence-corrected chi connectivity index (χ1v) is 9.32. The van der Waals surface area contributed by atoms with Crippen LogP contribution in [0.5, 0.6) is 5.75 Å². The molecule has 0 saturated carbocycles. The van der Waals surface area contributed by atoms with Crippen LogP contribution in [0.1, 0.15) is 84.0 Å². The zero-order valence-corrected chi connectivity index (χ0v) is 15.7. The predicted molar refractivity (Wildman–Crippen MR) is 105 cm³/mol. The normalized spacial score (nSPS) is 10.3. The molecule has 0 unspecified atom stereocenters. The number of benzene rings is 1. The minimum Gasteiger partial charge on any atom is -0.491 e. The van der Waals surface area contributed by atoms with Gasteiger partial charge in [0, 0.05) is 0 Å². The third-order valence-corrected chi connectivity index (χ3v) is 4.17. The lowest BCUT2D eigenvalue weighted by atomic mass is 10.1. The highest BCUT2D eigenvalue weighted by molar-refractivity contribution is 5.85. The van der Waals surface area contributed by atoms with Crippen LogP contribution in [0.4, 0.5) is 5.69 Å². The molecule has 0 aliphatic carbocycles. The average Bonchev–Trinajstić information content (AvgIpc) is 2.53. The quantitative estimate of drug-likeness (QED) is 0.299. The van der Waals surface area contributed by atoms with Crippen molar-refractivity contribution < 1.29 is 4.74 Å². The Morgan fingerprint density at radius 2 is 1.22 bits per heavy atom. The maximum atomic E-state index is 5.84. The lowest BCUT2D eigenvalue weighted by Crippen LogP contribution is -2.00. The highest BCUT2D eigenvalue weighted by atomic mass is 35.5. The fraction of sp³-hybridized carbons (Fsp3) is 0.700. The number of hydrogen-bond acceptors (Lipinski definition) is 2. The van der Waals surface area contributed by atoms with E-state index >= 15 is 0 Å². The van der Waals surface area contributed by atoms with E-state index < -0.39 is 0 Å². The lowest BCUT2D eigenvalue weighted by molar-refractivity contribution is 0.306. The number of nitrogen functional groups attached to an aromatic ring is 1. The second-order valence-corrected chi connectivity index (χ2v) is 6.28. The third-order valence-electron chi connectivity index (χ3n) is 4.17. The van der Waals surface area contributed by atoms with E-state index in [-0.39, 0.29) is 12.4 Å². The third kappa shape index (κ3) is 12.2. The van der Waals surface area contributed by atoms with Gasteiger partial charge in [-0.25, -0.2) is 0 Å². The Morgan fingerprint density at radius 3 is 1.74 bits per heavy atom. The summed E-state index contributed by atoms with van der Waals surface area (Å²) in [6, 6.07) is 7.73. The van der Waals surface area contributed by atoms with E-state index in [1.165, 1.54) is 70.6 Å². The Balaban J connectivity index is 0.00000484. The van der Waals surface area contributed by atoms with Crippen molar-refractivity contribution in [1.82, 2.24) is 0 Å². The van der Waals surface area contributed by atoms with Crippen LogP contribution in [0.3, 0.4) is 0 Å². The summed E-state index contributed by atoms with van der Waals surface area (Å²) in [6.45, 7) is 3.06. The molecule has 0 aliphatic heterocycles. The van der Waals surface area contributed by atoms with Crippen molar-refractivity contribution in [2.24, 2.45) is 0 Å². The Hall–Kier alpha value is -0.890. The van der Waals surface area contributed by atoms with Gasteiger partial charge in [-0.3, -0.25) is 0 Å². The molecule has 1 aromatic rings. The molecule has 2 nitrogen and oxygen atoms in total. The fourth-order valence-corrected chi connectivity index (χ4v) is 2.74. The molecule has 0 aromatic heterocycles. The number of nitrogens with two attached hydrogens (primary N) is 1. The summed E-state index contributed by atoms with van der Waals surface area (Å²) in [5, 5.41) is 0.